The fourth-order valence-corrected chi connectivity index (χ4v) is 4.02. The average molecular weight is 355 g/mol. The minimum Gasteiger partial charge on any atom is -0.377 e. The van der Waals surface area contributed by atoms with E-state index in [1.165, 1.54) is 4.88 Å². The van der Waals surface area contributed by atoms with Gasteiger partial charge in [-0.1, -0.05) is 35.6 Å². The molecule has 122 valence electrons. The van der Waals surface area contributed by atoms with Crippen molar-refractivity contribution in [3.63, 3.8) is 0 Å². The molecule has 0 aliphatic carbocycles. The first kappa shape index (κ1) is 15.2. The van der Waals surface area contributed by atoms with Crippen molar-refractivity contribution in [1.82, 2.24) is 14.6 Å². The first-order valence-corrected chi connectivity index (χ1v) is 9.29. The van der Waals surface area contributed by atoms with Crippen LogP contribution in [0.25, 0.3) is 16.2 Å². The van der Waals surface area contributed by atoms with Gasteiger partial charge in [0.1, 0.15) is 0 Å². The molecule has 1 aromatic carbocycles. The second-order valence-electron chi connectivity index (χ2n) is 5.59. The predicted octanol–water partition coefficient (Wildman–Crippen LogP) is 4.20. The maximum Gasteiger partial charge on any atom is 0.214 e. The summed E-state index contributed by atoms with van der Waals surface area (Å²) in [6, 6.07) is 12.5. The van der Waals surface area contributed by atoms with Gasteiger partial charge in [0.25, 0.3) is 0 Å². The molecule has 0 radical (unpaired) electrons. The van der Waals surface area contributed by atoms with E-state index in [0.29, 0.717) is 0 Å². The summed E-state index contributed by atoms with van der Waals surface area (Å²) in [5.74, 6) is 0. The van der Waals surface area contributed by atoms with E-state index < -0.39 is 0 Å². The molecule has 1 N–H and O–H groups in total. The third kappa shape index (κ3) is 2.76. The Morgan fingerprint density at radius 3 is 2.83 bits per heavy atom. The Bertz CT molecular complexity index is 953. The molecule has 0 amide bonds. The quantitative estimate of drug-likeness (QED) is 0.583. The molecule has 0 saturated carbocycles. The van der Waals surface area contributed by atoms with Gasteiger partial charge in [0, 0.05) is 30.2 Å². The normalized spacial score (nSPS) is 11.1. The third-order valence-corrected chi connectivity index (χ3v) is 5.50. The molecule has 0 atom stereocenters. The van der Waals surface area contributed by atoms with E-state index in [1.807, 2.05) is 36.9 Å². The van der Waals surface area contributed by atoms with E-state index in [0.717, 1.165) is 33.6 Å². The molecule has 0 spiro atoms. The number of hydrogen-bond donors (Lipinski definition) is 1. The average Bonchev–Trinajstić information content (AvgIpc) is 3.29. The van der Waals surface area contributed by atoms with E-state index in [1.54, 1.807) is 22.7 Å². The summed E-state index contributed by atoms with van der Waals surface area (Å²) >= 11 is 3.31. The molecular formula is C17H17N5S2. The zero-order valence-electron chi connectivity index (χ0n) is 13.4. The van der Waals surface area contributed by atoms with E-state index in [9.17, 15) is 0 Å². The van der Waals surface area contributed by atoms with Crippen molar-refractivity contribution in [3.8, 4) is 11.3 Å². The lowest BCUT2D eigenvalue weighted by atomic mass is 10.1. The fraction of sp³-hybridized carbons (Fsp3) is 0.176. The Morgan fingerprint density at radius 1 is 1.17 bits per heavy atom. The highest BCUT2D eigenvalue weighted by Crippen LogP contribution is 2.32. The molecule has 0 unspecified atom stereocenters. The lowest BCUT2D eigenvalue weighted by molar-refractivity contribution is 0.969. The van der Waals surface area contributed by atoms with Gasteiger partial charge < -0.3 is 10.2 Å². The molecule has 24 heavy (non-hydrogen) atoms. The van der Waals surface area contributed by atoms with Crippen molar-refractivity contribution in [2.75, 3.05) is 24.3 Å². The molecule has 0 bridgehead atoms. The van der Waals surface area contributed by atoms with Crippen molar-refractivity contribution in [3.05, 3.63) is 52.9 Å². The van der Waals surface area contributed by atoms with Crippen LogP contribution in [0.15, 0.2) is 48.0 Å². The molecule has 0 aliphatic heterocycles. The Morgan fingerprint density at radius 2 is 2.04 bits per heavy atom. The third-order valence-electron chi connectivity index (χ3n) is 3.74. The first-order chi connectivity index (χ1) is 11.7. The van der Waals surface area contributed by atoms with E-state index in [4.69, 9.17) is 5.10 Å². The number of fused-ring (bicyclic) bond motifs is 1. The van der Waals surface area contributed by atoms with Gasteiger partial charge >= 0.3 is 0 Å². The second kappa shape index (κ2) is 6.26. The number of rotatable bonds is 5. The fourth-order valence-electron chi connectivity index (χ4n) is 2.60. The number of nitrogens with zero attached hydrogens (tertiary/aromatic N) is 4. The van der Waals surface area contributed by atoms with Crippen molar-refractivity contribution < 1.29 is 0 Å². The van der Waals surface area contributed by atoms with Crippen LogP contribution in [0.4, 0.5) is 10.8 Å². The van der Waals surface area contributed by atoms with Crippen molar-refractivity contribution >= 4 is 38.5 Å². The van der Waals surface area contributed by atoms with Crippen LogP contribution in [-0.2, 0) is 6.54 Å². The van der Waals surface area contributed by atoms with Crippen molar-refractivity contribution in [1.29, 1.82) is 0 Å². The number of anilines is 2. The molecule has 0 fully saturated rings. The zero-order chi connectivity index (χ0) is 16.5. The van der Waals surface area contributed by atoms with E-state index in [2.05, 4.69) is 44.8 Å². The smallest absolute Gasteiger partial charge is 0.214 e. The Labute approximate surface area is 148 Å². The van der Waals surface area contributed by atoms with Gasteiger partial charge in [0.05, 0.1) is 18.4 Å². The summed E-state index contributed by atoms with van der Waals surface area (Å²) in [6.07, 6.45) is 1.89. The molecule has 4 aromatic rings. The van der Waals surface area contributed by atoms with Gasteiger partial charge in [-0.3, -0.25) is 0 Å². The molecule has 7 heteroatoms. The minimum atomic E-state index is 0.790. The van der Waals surface area contributed by atoms with Crippen LogP contribution >= 0.6 is 22.7 Å². The standard InChI is InChI=1S/C17H17N5S2/c1-21(2)14-8-4-3-7-13(14)15-11-19-17-22(15)20-16(24-17)18-10-12-6-5-9-23-12/h3-9,11H,10H2,1-2H3,(H,18,20). The Kier molecular flexibility index (Phi) is 3.95. The summed E-state index contributed by atoms with van der Waals surface area (Å²) in [5.41, 5.74) is 3.29. The van der Waals surface area contributed by atoms with Gasteiger partial charge in [0.2, 0.25) is 10.1 Å². The summed E-state index contributed by atoms with van der Waals surface area (Å²) in [4.78, 5) is 8.82. The van der Waals surface area contributed by atoms with Gasteiger partial charge in [-0.05, 0) is 17.5 Å². The Balaban J connectivity index is 1.68. The van der Waals surface area contributed by atoms with Crippen LogP contribution in [0.1, 0.15) is 4.88 Å². The van der Waals surface area contributed by atoms with Crippen molar-refractivity contribution in [2.24, 2.45) is 0 Å². The number of thiophene rings is 1. The summed E-state index contributed by atoms with van der Waals surface area (Å²) < 4.78 is 1.92. The van der Waals surface area contributed by atoms with Crippen molar-refractivity contribution in [2.45, 2.75) is 6.54 Å². The minimum absolute atomic E-state index is 0.790. The number of para-hydroxylation sites is 1. The SMILES string of the molecule is CN(C)c1ccccc1-c1cnc2sc(NCc3cccs3)nn12. The molecule has 0 saturated heterocycles. The molecular weight excluding hydrogens is 338 g/mol. The Hall–Kier alpha value is -2.38. The topological polar surface area (TPSA) is 45.5 Å². The molecule has 0 aliphatic rings. The van der Waals surface area contributed by atoms with Gasteiger partial charge in [-0.25, -0.2) is 9.50 Å². The number of benzene rings is 1. The van der Waals surface area contributed by atoms with E-state index in [-0.39, 0.29) is 0 Å². The maximum absolute atomic E-state index is 4.70. The highest BCUT2D eigenvalue weighted by molar-refractivity contribution is 7.20. The monoisotopic (exact) mass is 355 g/mol. The largest absolute Gasteiger partial charge is 0.377 e. The van der Waals surface area contributed by atoms with Crippen LogP contribution in [0.3, 0.4) is 0 Å². The van der Waals surface area contributed by atoms with Crippen LogP contribution in [0.5, 0.6) is 0 Å². The van der Waals surface area contributed by atoms with Gasteiger partial charge in [-0.2, -0.15) is 0 Å². The molecule has 5 nitrogen and oxygen atoms in total. The predicted molar refractivity (Wildman–Crippen MR) is 102 cm³/mol. The van der Waals surface area contributed by atoms with Gasteiger partial charge in [0.15, 0.2) is 0 Å². The molecule has 3 aromatic heterocycles. The number of hydrogen-bond acceptors (Lipinski definition) is 6. The van der Waals surface area contributed by atoms with Gasteiger partial charge in [-0.15, -0.1) is 16.4 Å². The van der Waals surface area contributed by atoms with Crippen LogP contribution < -0.4 is 10.2 Å². The molecule has 4 rings (SSSR count). The van der Waals surface area contributed by atoms with Crippen LogP contribution in [0, 0.1) is 0 Å². The first-order valence-electron chi connectivity index (χ1n) is 7.60. The number of imidazole rings is 1. The summed E-state index contributed by atoms with van der Waals surface area (Å²) in [6.45, 7) is 0.790. The highest BCUT2D eigenvalue weighted by atomic mass is 32.1. The zero-order valence-corrected chi connectivity index (χ0v) is 15.1. The summed E-state index contributed by atoms with van der Waals surface area (Å²) in [5, 5.41) is 11.1. The van der Waals surface area contributed by atoms with Crippen LogP contribution in [0.2, 0.25) is 0 Å². The molecule has 3 heterocycles. The number of nitrogens with one attached hydrogen (secondary N) is 1. The maximum atomic E-state index is 4.70. The number of aromatic nitrogens is 3. The summed E-state index contributed by atoms with van der Waals surface area (Å²) in [7, 11) is 4.10. The lowest BCUT2D eigenvalue weighted by Crippen LogP contribution is -2.10. The second-order valence-corrected chi connectivity index (χ2v) is 7.58. The van der Waals surface area contributed by atoms with E-state index >= 15 is 0 Å². The highest BCUT2D eigenvalue weighted by Gasteiger charge is 2.15. The van der Waals surface area contributed by atoms with Crippen LogP contribution in [-0.4, -0.2) is 28.7 Å². The lowest BCUT2D eigenvalue weighted by Gasteiger charge is -2.16.